The number of hydrogen-bond acceptors (Lipinski definition) is 6. The Hall–Kier alpha value is -2.50. The largest absolute Gasteiger partial charge is 0.350 e. The van der Waals surface area contributed by atoms with E-state index in [1.54, 1.807) is 25.3 Å². The van der Waals surface area contributed by atoms with Gasteiger partial charge in [-0.15, -0.1) is 5.10 Å². The second-order valence-corrected chi connectivity index (χ2v) is 4.88. The van der Waals surface area contributed by atoms with Gasteiger partial charge in [-0.05, 0) is 44.5 Å². The summed E-state index contributed by atoms with van der Waals surface area (Å²) in [7, 11) is 0. The molecule has 2 rings (SSSR count). The number of nitrogens with one attached hydrogen (secondary N) is 2. The molecule has 0 aliphatic rings. The highest BCUT2D eigenvalue weighted by molar-refractivity contribution is 5.94. The van der Waals surface area contributed by atoms with Crippen LogP contribution in [0, 0.1) is 0 Å². The fourth-order valence-electron chi connectivity index (χ4n) is 1.68. The maximum atomic E-state index is 11.2. The van der Waals surface area contributed by atoms with E-state index in [0.29, 0.717) is 17.3 Å². The molecule has 1 heterocycles. The van der Waals surface area contributed by atoms with Crippen molar-refractivity contribution in [3.8, 4) is 0 Å². The fraction of sp³-hybridized carbons (Fsp3) is 0.333. The second kappa shape index (κ2) is 6.78. The van der Waals surface area contributed by atoms with E-state index in [4.69, 9.17) is 0 Å². The molecular formula is C15H19N5O. The molecule has 1 atom stereocenters. The average Bonchev–Trinajstić information content (AvgIpc) is 2.48. The van der Waals surface area contributed by atoms with Crippen molar-refractivity contribution >= 4 is 23.2 Å². The van der Waals surface area contributed by atoms with E-state index in [2.05, 4.69) is 39.7 Å². The third-order valence-corrected chi connectivity index (χ3v) is 3.11. The molecule has 0 aliphatic carbocycles. The molecule has 6 heteroatoms. The molecule has 0 fully saturated rings. The van der Waals surface area contributed by atoms with E-state index in [-0.39, 0.29) is 11.8 Å². The number of benzene rings is 1. The van der Waals surface area contributed by atoms with Crippen LogP contribution in [0.5, 0.6) is 0 Å². The molecule has 2 N–H and O–H groups in total. The molecule has 1 unspecified atom stereocenters. The minimum Gasteiger partial charge on any atom is -0.350 e. The zero-order chi connectivity index (χ0) is 15.2. The van der Waals surface area contributed by atoms with Gasteiger partial charge in [0.2, 0.25) is 5.95 Å². The monoisotopic (exact) mass is 285 g/mol. The van der Waals surface area contributed by atoms with Crippen molar-refractivity contribution in [2.75, 3.05) is 10.6 Å². The first-order valence-electron chi connectivity index (χ1n) is 6.92. The summed E-state index contributed by atoms with van der Waals surface area (Å²) in [5, 5.41) is 14.2. The smallest absolute Gasteiger partial charge is 0.244 e. The van der Waals surface area contributed by atoms with Gasteiger partial charge < -0.3 is 10.6 Å². The van der Waals surface area contributed by atoms with Gasteiger partial charge in [0.05, 0.1) is 6.20 Å². The maximum Gasteiger partial charge on any atom is 0.244 e. The minimum atomic E-state index is 0.0466. The molecule has 110 valence electrons. The molecule has 0 saturated heterocycles. The number of carbonyl (C=O) groups excluding carboxylic acids is 1. The number of carbonyl (C=O) groups is 1. The third-order valence-electron chi connectivity index (χ3n) is 3.11. The van der Waals surface area contributed by atoms with Crippen molar-refractivity contribution in [2.24, 2.45) is 0 Å². The molecule has 0 radical (unpaired) electrons. The van der Waals surface area contributed by atoms with Crippen LogP contribution in [0.2, 0.25) is 0 Å². The van der Waals surface area contributed by atoms with Crippen molar-refractivity contribution in [2.45, 2.75) is 33.2 Å². The highest BCUT2D eigenvalue weighted by atomic mass is 16.1. The average molecular weight is 285 g/mol. The number of rotatable bonds is 6. The first kappa shape index (κ1) is 14.9. The van der Waals surface area contributed by atoms with Crippen LogP contribution in [0.4, 0.5) is 17.5 Å². The first-order chi connectivity index (χ1) is 10.1. The third kappa shape index (κ3) is 4.24. The van der Waals surface area contributed by atoms with Gasteiger partial charge in [-0.3, -0.25) is 4.79 Å². The summed E-state index contributed by atoms with van der Waals surface area (Å²) in [6.07, 6.45) is 2.54. The Labute approximate surface area is 124 Å². The van der Waals surface area contributed by atoms with Gasteiger partial charge in [-0.1, -0.05) is 6.92 Å². The van der Waals surface area contributed by atoms with Crippen LogP contribution in [0.25, 0.3) is 0 Å². The molecule has 0 spiro atoms. The van der Waals surface area contributed by atoms with E-state index in [1.165, 1.54) is 0 Å². The molecule has 0 aliphatic heterocycles. The Bertz CT molecular complexity index is 612. The Kier molecular flexibility index (Phi) is 4.81. The second-order valence-electron chi connectivity index (χ2n) is 4.88. The van der Waals surface area contributed by atoms with Crippen LogP contribution >= 0.6 is 0 Å². The normalized spacial score (nSPS) is 11.8. The number of anilines is 3. The van der Waals surface area contributed by atoms with Crippen molar-refractivity contribution in [3.63, 3.8) is 0 Å². The van der Waals surface area contributed by atoms with Crippen molar-refractivity contribution in [3.05, 3.63) is 36.0 Å². The van der Waals surface area contributed by atoms with Gasteiger partial charge in [0.25, 0.3) is 0 Å². The van der Waals surface area contributed by atoms with Gasteiger partial charge in [0, 0.05) is 17.3 Å². The van der Waals surface area contributed by atoms with Crippen molar-refractivity contribution in [1.29, 1.82) is 0 Å². The summed E-state index contributed by atoms with van der Waals surface area (Å²) >= 11 is 0. The Balaban J connectivity index is 2.08. The summed E-state index contributed by atoms with van der Waals surface area (Å²) in [4.78, 5) is 15.6. The molecular weight excluding hydrogens is 266 g/mol. The lowest BCUT2D eigenvalue weighted by atomic mass is 10.1. The molecule has 21 heavy (non-hydrogen) atoms. The molecule has 6 nitrogen and oxygen atoms in total. The number of aromatic nitrogens is 3. The molecule has 0 bridgehead atoms. The predicted octanol–water partition coefficient (Wildman–Crippen LogP) is 3.03. The van der Waals surface area contributed by atoms with E-state index in [1.807, 2.05) is 12.1 Å². The van der Waals surface area contributed by atoms with Gasteiger partial charge in [-0.25, -0.2) is 0 Å². The highest BCUT2D eigenvalue weighted by Crippen LogP contribution is 2.15. The van der Waals surface area contributed by atoms with Crippen molar-refractivity contribution in [1.82, 2.24) is 15.2 Å². The van der Waals surface area contributed by atoms with Crippen LogP contribution in [-0.2, 0) is 0 Å². The summed E-state index contributed by atoms with van der Waals surface area (Å²) in [5.74, 6) is 1.14. The van der Waals surface area contributed by atoms with Crippen LogP contribution < -0.4 is 10.6 Å². The lowest BCUT2D eigenvalue weighted by Crippen LogP contribution is -2.16. The van der Waals surface area contributed by atoms with Crippen LogP contribution in [0.3, 0.4) is 0 Å². The van der Waals surface area contributed by atoms with E-state index in [0.717, 1.165) is 12.1 Å². The molecule has 0 saturated carbocycles. The SMILES string of the molecule is CCC(C)Nc1nncc(Nc2ccc(C(C)=O)cc2)n1. The molecule has 0 amide bonds. The Morgan fingerprint density at radius 1 is 1.29 bits per heavy atom. The first-order valence-corrected chi connectivity index (χ1v) is 6.92. The summed E-state index contributed by atoms with van der Waals surface area (Å²) in [5.41, 5.74) is 1.52. The van der Waals surface area contributed by atoms with Crippen LogP contribution in [-0.4, -0.2) is 27.0 Å². The van der Waals surface area contributed by atoms with Gasteiger partial charge >= 0.3 is 0 Å². The summed E-state index contributed by atoms with van der Waals surface area (Å²) in [6, 6.07) is 7.51. The van der Waals surface area contributed by atoms with Gasteiger partial charge in [0.1, 0.15) is 0 Å². The minimum absolute atomic E-state index is 0.0466. The predicted molar refractivity (Wildman–Crippen MR) is 82.9 cm³/mol. The summed E-state index contributed by atoms with van der Waals surface area (Å²) < 4.78 is 0. The Morgan fingerprint density at radius 3 is 2.62 bits per heavy atom. The Morgan fingerprint density at radius 2 is 2.00 bits per heavy atom. The zero-order valence-electron chi connectivity index (χ0n) is 12.4. The lowest BCUT2D eigenvalue weighted by molar-refractivity contribution is 0.101. The number of hydrogen-bond donors (Lipinski definition) is 2. The molecule has 1 aromatic carbocycles. The van der Waals surface area contributed by atoms with Crippen LogP contribution in [0.15, 0.2) is 30.5 Å². The fourth-order valence-corrected chi connectivity index (χ4v) is 1.68. The van der Waals surface area contributed by atoms with E-state index >= 15 is 0 Å². The zero-order valence-corrected chi connectivity index (χ0v) is 12.4. The van der Waals surface area contributed by atoms with E-state index in [9.17, 15) is 4.79 Å². The highest BCUT2D eigenvalue weighted by Gasteiger charge is 2.05. The molecule has 2 aromatic rings. The number of nitrogens with zero attached hydrogens (tertiary/aromatic N) is 3. The lowest BCUT2D eigenvalue weighted by Gasteiger charge is -2.11. The van der Waals surface area contributed by atoms with E-state index < -0.39 is 0 Å². The number of ketones is 1. The standard InChI is InChI=1S/C15H19N5O/c1-4-10(2)17-15-19-14(9-16-20-15)18-13-7-5-12(6-8-13)11(3)21/h5-10H,4H2,1-3H3,(H2,17,18,19,20). The van der Waals surface area contributed by atoms with Gasteiger partial charge in [-0.2, -0.15) is 10.1 Å². The maximum absolute atomic E-state index is 11.2. The van der Waals surface area contributed by atoms with Gasteiger partial charge in [0.15, 0.2) is 11.6 Å². The number of Topliss-reactive ketones (excluding diaryl/α,β-unsaturated/α-hetero) is 1. The van der Waals surface area contributed by atoms with Crippen LogP contribution in [0.1, 0.15) is 37.6 Å². The topological polar surface area (TPSA) is 79.8 Å². The molecule has 1 aromatic heterocycles. The van der Waals surface area contributed by atoms with Crippen molar-refractivity contribution < 1.29 is 4.79 Å². The quantitative estimate of drug-likeness (QED) is 0.794. The summed E-state index contributed by atoms with van der Waals surface area (Å²) in [6.45, 7) is 5.69.